The van der Waals surface area contributed by atoms with Crippen molar-refractivity contribution in [2.45, 2.75) is 6.92 Å². The van der Waals surface area contributed by atoms with Gasteiger partial charge in [-0.25, -0.2) is 0 Å². The van der Waals surface area contributed by atoms with E-state index in [9.17, 15) is 0 Å². The Kier molecular flexibility index (Phi) is 5.46. The molecule has 3 nitrogen and oxygen atoms in total. The van der Waals surface area contributed by atoms with Crippen molar-refractivity contribution >= 4 is 5.57 Å². The van der Waals surface area contributed by atoms with E-state index in [1.165, 1.54) is 11.1 Å². The summed E-state index contributed by atoms with van der Waals surface area (Å²) in [4.78, 5) is 2.42. The third kappa shape index (κ3) is 4.68. The largest absolute Gasteiger partial charge is 0.457 e. The Morgan fingerprint density at radius 1 is 1.00 bits per heavy atom. The zero-order valence-corrected chi connectivity index (χ0v) is 13.6. The first kappa shape index (κ1) is 15.8. The van der Waals surface area contributed by atoms with E-state index in [4.69, 9.17) is 9.47 Å². The lowest BCUT2D eigenvalue weighted by Crippen LogP contribution is -2.36. The molecule has 0 aliphatic carbocycles. The van der Waals surface area contributed by atoms with E-state index in [1.807, 2.05) is 42.5 Å². The van der Waals surface area contributed by atoms with Crippen molar-refractivity contribution in [1.29, 1.82) is 0 Å². The highest BCUT2D eigenvalue weighted by Gasteiger charge is 2.08. The van der Waals surface area contributed by atoms with Crippen molar-refractivity contribution in [3.8, 4) is 11.5 Å². The predicted molar refractivity (Wildman–Crippen MR) is 93.9 cm³/mol. The molecule has 0 N–H and O–H groups in total. The number of morpholine rings is 1. The molecule has 0 atom stereocenters. The van der Waals surface area contributed by atoms with Crippen LogP contribution in [0, 0.1) is 0 Å². The highest BCUT2D eigenvalue weighted by Crippen LogP contribution is 2.23. The van der Waals surface area contributed by atoms with Crippen LogP contribution in [0.4, 0.5) is 0 Å². The molecular formula is C20H23NO2. The standard InChI is InChI=1S/C20H23NO2/c1-17(11-12-21-13-15-22-16-14-21)18-7-9-20(10-8-18)23-19-5-3-2-4-6-19/h2-11H,12-16H2,1H3. The molecule has 1 fully saturated rings. The van der Waals surface area contributed by atoms with Gasteiger partial charge in [0.15, 0.2) is 0 Å². The summed E-state index contributed by atoms with van der Waals surface area (Å²) in [6.07, 6.45) is 2.29. The Balaban J connectivity index is 1.59. The van der Waals surface area contributed by atoms with Crippen LogP contribution < -0.4 is 4.74 Å². The quantitative estimate of drug-likeness (QED) is 0.825. The Labute approximate surface area is 138 Å². The van der Waals surface area contributed by atoms with Gasteiger partial charge in [-0.05, 0) is 42.3 Å². The molecule has 1 saturated heterocycles. The van der Waals surface area contributed by atoms with Crippen molar-refractivity contribution in [3.05, 3.63) is 66.2 Å². The summed E-state index contributed by atoms with van der Waals surface area (Å²) in [5.74, 6) is 1.72. The highest BCUT2D eigenvalue weighted by molar-refractivity contribution is 5.64. The minimum atomic E-state index is 0.846. The summed E-state index contributed by atoms with van der Waals surface area (Å²) in [7, 11) is 0. The first-order valence-corrected chi connectivity index (χ1v) is 8.11. The molecule has 0 amide bonds. The number of allylic oxidation sites excluding steroid dienone is 1. The van der Waals surface area contributed by atoms with Crippen LogP contribution in [0.1, 0.15) is 12.5 Å². The van der Waals surface area contributed by atoms with Gasteiger partial charge in [-0.1, -0.05) is 36.4 Å². The van der Waals surface area contributed by atoms with Gasteiger partial charge in [-0.3, -0.25) is 4.90 Å². The van der Waals surface area contributed by atoms with Crippen LogP contribution in [0.25, 0.3) is 5.57 Å². The van der Waals surface area contributed by atoms with Crippen molar-refractivity contribution in [1.82, 2.24) is 4.90 Å². The Hall–Kier alpha value is -2.10. The van der Waals surface area contributed by atoms with Crippen LogP contribution in [0.5, 0.6) is 11.5 Å². The molecular weight excluding hydrogens is 286 g/mol. The van der Waals surface area contributed by atoms with Gasteiger partial charge in [0.2, 0.25) is 0 Å². The molecule has 0 aromatic heterocycles. The number of hydrogen-bond acceptors (Lipinski definition) is 3. The molecule has 0 unspecified atom stereocenters. The summed E-state index contributed by atoms with van der Waals surface area (Å²) in [5, 5.41) is 0. The zero-order valence-electron chi connectivity index (χ0n) is 13.6. The van der Waals surface area contributed by atoms with E-state index >= 15 is 0 Å². The van der Waals surface area contributed by atoms with E-state index in [0.717, 1.165) is 44.3 Å². The van der Waals surface area contributed by atoms with E-state index in [-0.39, 0.29) is 0 Å². The molecule has 0 bridgehead atoms. The number of hydrogen-bond donors (Lipinski definition) is 0. The zero-order chi connectivity index (χ0) is 15.9. The number of para-hydroxylation sites is 1. The van der Waals surface area contributed by atoms with Crippen LogP contribution in [0.15, 0.2) is 60.7 Å². The molecule has 3 heteroatoms. The SMILES string of the molecule is CC(=CCN1CCOCC1)c1ccc(Oc2ccccc2)cc1. The fraction of sp³-hybridized carbons (Fsp3) is 0.300. The average molecular weight is 309 g/mol. The van der Waals surface area contributed by atoms with E-state index in [1.54, 1.807) is 0 Å². The lowest BCUT2D eigenvalue weighted by atomic mass is 10.1. The lowest BCUT2D eigenvalue weighted by molar-refractivity contribution is 0.0435. The van der Waals surface area contributed by atoms with Gasteiger partial charge < -0.3 is 9.47 Å². The fourth-order valence-corrected chi connectivity index (χ4v) is 2.58. The molecule has 0 saturated carbocycles. The van der Waals surface area contributed by atoms with Gasteiger partial charge in [0.1, 0.15) is 11.5 Å². The Morgan fingerprint density at radius 2 is 1.65 bits per heavy atom. The Morgan fingerprint density at radius 3 is 2.35 bits per heavy atom. The van der Waals surface area contributed by atoms with Crippen LogP contribution in [0.3, 0.4) is 0 Å². The highest BCUT2D eigenvalue weighted by atomic mass is 16.5. The third-order valence-corrected chi connectivity index (χ3v) is 4.05. The average Bonchev–Trinajstić information content (AvgIpc) is 2.62. The third-order valence-electron chi connectivity index (χ3n) is 4.05. The van der Waals surface area contributed by atoms with Gasteiger partial charge in [0.25, 0.3) is 0 Å². The lowest BCUT2D eigenvalue weighted by Gasteiger charge is -2.25. The maximum atomic E-state index is 5.83. The minimum absolute atomic E-state index is 0.846. The molecule has 1 aliphatic heterocycles. The van der Waals surface area contributed by atoms with Crippen molar-refractivity contribution < 1.29 is 9.47 Å². The van der Waals surface area contributed by atoms with Crippen LogP contribution >= 0.6 is 0 Å². The van der Waals surface area contributed by atoms with Gasteiger partial charge in [0.05, 0.1) is 13.2 Å². The predicted octanol–water partition coefficient (Wildman–Crippen LogP) is 4.21. The molecule has 120 valence electrons. The summed E-state index contributed by atoms with van der Waals surface area (Å²) >= 11 is 0. The smallest absolute Gasteiger partial charge is 0.127 e. The number of benzene rings is 2. The molecule has 0 spiro atoms. The second kappa shape index (κ2) is 7.95. The van der Waals surface area contributed by atoms with E-state index in [2.05, 4.69) is 30.0 Å². The maximum Gasteiger partial charge on any atom is 0.127 e. The Bertz CT molecular complexity index is 628. The molecule has 2 aromatic carbocycles. The van der Waals surface area contributed by atoms with Crippen molar-refractivity contribution in [3.63, 3.8) is 0 Å². The topological polar surface area (TPSA) is 21.7 Å². The second-order valence-electron chi connectivity index (χ2n) is 5.74. The summed E-state index contributed by atoms with van der Waals surface area (Å²) in [5.41, 5.74) is 2.53. The van der Waals surface area contributed by atoms with Gasteiger partial charge in [-0.15, -0.1) is 0 Å². The molecule has 3 rings (SSSR count). The number of ether oxygens (including phenoxy) is 2. The normalized spacial score (nSPS) is 16.3. The van der Waals surface area contributed by atoms with Gasteiger partial charge in [0, 0.05) is 19.6 Å². The van der Waals surface area contributed by atoms with Crippen LogP contribution in [0.2, 0.25) is 0 Å². The van der Waals surface area contributed by atoms with E-state index in [0.29, 0.717) is 0 Å². The van der Waals surface area contributed by atoms with Gasteiger partial charge in [-0.2, -0.15) is 0 Å². The first-order valence-electron chi connectivity index (χ1n) is 8.11. The second-order valence-corrected chi connectivity index (χ2v) is 5.74. The van der Waals surface area contributed by atoms with Crippen molar-refractivity contribution in [2.75, 3.05) is 32.8 Å². The summed E-state index contributed by atoms with van der Waals surface area (Å²) in [6, 6.07) is 18.1. The van der Waals surface area contributed by atoms with Crippen LogP contribution in [-0.2, 0) is 4.74 Å². The van der Waals surface area contributed by atoms with Crippen LogP contribution in [-0.4, -0.2) is 37.7 Å². The molecule has 1 aliphatic rings. The summed E-state index contributed by atoms with van der Waals surface area (Å²) in [6.45, 7) is 6.88. The monoisotopic (exact) mass is 309 g/mol. The molecule has 1 heterocycles. The number of rotatable bonds is 5. The van der Waals surface area contributed by atoms with E-state index < -0.39 is 0 Å². The fourth-order valence-electron chi connectivity index (χ4n) is 2.58. The maximum absolute atomic E-state index is 5.83. The molecule has 0 radical (unpaired) electrons. The molecule has 23 heavy (non-hydrogen) atoms. The molecule has 2 aromatic rings. The van der Waals surface area contributed by atoms with Gasteiger partial charge >= 0.3 is 0 Å². The minimum Gasteiger partial charge on any atom is -0.457 e. The first-order chi connectivity index (χ1) is 11.3. The number of nitrogens with zero attached hydrogens (tertiary/aromatic N) is 1. The van der Waals surface area contributed by atoms with Crippen molar-refractivity contribution in [2.24, 2.45) is 0 Å². The summed E-state index contributed by atoms with van der Waals surface area (Å²) < 4.78 is 11.2.